The van der Waals surface area contributed by atoms with Gasteiger partial charge in [-0.05, 0) is 18.9 Å². The van der Waals surface area contributed by atoms with E-state index in [0.717, 1.165) is 11.4 Å². The predicted octanol–water partition coefficient (Wildman–Crippen LogP) is 3.64. The van der Waals surface area contributed by atoms with Crippen molar-refractivity contribution in [1.29, 1.82) is 0 Å². The summed E-state index contributed by atoms with van der Waals surface area (Å²) in [5, 5.41) is 18.4. The third kappa shape index (κ3) is 3.93. The topological polar surface area (TPSA) is 104 Å². The third-order valence-electron chi connectivity index (χ3n) is 4.87. The summed E-state index contributed by atoms with van der Waals surface area (Å²) in [5.41, 5.74) is 7.42. The van der Waals surface area contributed by atoms with Gasteiger partial charge in [0.05, 0.1) is 27.5 Å². The lowest BCUT2D eigenvalue weighted by Crippen LogP contribution is -2.49. The number of benzene rings is 1. The van der Waals surface area contributed by atoms with E-state index in [-0.39, 0.29) is 6.54 Å². The van der Waals surface area contributed by atoms with Crippen LogP contribution in [0.5, 0.6) is 0 Å². The van der Waals surface area contributed by atoms with E-state index >= 15 is 0 Å². The van der Waals surface area contributed by atoms with Crippen molar-refractivity contribution in [3.63, 3.8) is 0 Å². The van der Waals surface area contributed by atoms with Crippen molar-refractivity contribution in [2.75, 3.05) is 24.5 Å². The second-order valence-electron chi connectivity index (χ2n) is 6.52. The summed E-state index contributed by atoms with van der Waals surface area (Å²) in [6.07, 6.45) is 2.92. The first-order valence-corrected chi connectivity index (χ1v) is 10.1. The van der Waals surface area contributed by atoms with Gasteiger partial charge in [0.2, 0.25) is 5.65 Å². The van der Waals surface area contributed by atoms with Crippen LogP contribution in [0.2, 0.25) is 10.0 Å². The molecule has 0 amide bonds. The van der Waals surface area contributed by atoms with Crippen LogP contribution in [0.25, 0.3) is 22.4 Å². The van der Waals surface area contributed by atoms with Gasteiger partial charge in [0.15, 0.2) is 0 Å². The highest BCUT2D eigenvalue weighted by molar-refractivity contribution is 6.43. The van der Waals surface area contributed by atoms with Crippen molar-refractivity contribution in [3.05, 3.63) is 34.4 Å². The number of nitrogens with zero attached hydrogens (tertiary/aromatic N) is 4. The number of nitrogens with one attached hydrogen (secondary N) is 1. The summed E-state index contributed by atoms with van der Waals surface area (Å²) >= 11 is 12.4. The number of aliphatic hydroxyl groups is 1. The smallest absolute Gasteiger partial charge is 0.202 e. The Balaban J connectivity index is 0.00000109. The van der Waals surface area contributed by atoms with Gasteiger partial charge in [0, 0.05) is 25.2 Å². The largest absolute Gasteiger partial charge is 0.388 e. The number of aromatic nitrogens is 4. The maximum absolute atomic E-state index is 10.3. The van der Waals surface area contributed by atoms with Crippen LogP contribution in [0.15, 0.2) is 24.4 Å². The minimum atomic E-state index is -0.781. The van der Waals surface area contributed by atoms with E-state index in [2.05, 4.69) is 25.1 Å². The van der Waals surface area contributed by atoms with Gasteiger partial charge in [-0.1, -0.05) is 49.2 Å². The molecule has 4 rings (SSSR count). The highest BCUT2D eigenvalue weighted by Crippen LogP contribution is 2.35. The number of piperidine rings is 1. The van der Waals surface area contributed by atoms with E-state index in [9.17, 15) is 5.11 Å². The molecular formula is C19H24Cl2N6O. The Hall–Kier alpha value is -1.93. The van der Waals surface area contributed by atoms with Crippen LogP contribution in [0.1, 0.15) is 26.7 Å². The van der Waals surface area contributed by atoms with Gasteiger partial charge in [-0.2, -0.15) is 5.10 Å². The molecule has 3 aromatic rings. The molecule has 1 saturated heterocycles. The second kappa shape index (κ2) is 8.61. The summed E-state index contributed by atoms with van der Waals surface area (Å²) in [6, 6.07) is 5.41. The maximum atomic E-state index is 10.3. The molecule has 0 bridgehead atoms. The summed E-state index contributed by atoms with van der Waals surface area (Å²) in [4.78, 5) is 11.2. The molecule has 0 atom stereocenters. The van der Waals surface area contributed by atoms with Gasteiger partial charge in [-0.15, -0.1) is 0 Å². The number of rotatable bonds is 3. The van der Waals surface area contributed by atoms with Crippen molar-refractivity contribution in [2.24, 2.45) is 5.73 Å². The Morgan fingerprint density at radius 2 is 1.96 bits per heavy atom. The van der Waals surface area contributed by atoms with Crippen LogP contribution in [0.4, 0.5) is 5.82 Å². The van der Waals surface area contributed by atoms with Gasteiger partial charge in [0.1, 0.15) is 11.3 Å². The zero-order chi connectivity index (χ0) is 20.3. The molecule has 3 heterocycles. The lowest BCUT2D eigenvalue weighted by Gasteiger charge is -2.37. The first-order valence-electron chi connectivity index (χ1n) is 9.34. The molecule has 0 aliphatic carbocycles. The van der Waals surface area contributed by atoms with Crippen LogP contribution >= 0.6 is 23.2 Å². The lowest BCUT2D eigenvalue weighted by atomic mass is 9.92. The van der Waals surface area contributed by atoms with E-state index in [1.807, 2.05) is 26.0 Å². The highest BCUT2D eigenvalue weighted by Gasteiger charge is 2.31. The molecule has 2 aromatic heterocycles. The van der Waals surface area contributed by atoms with Crippen LogP contribution in [0.3, 0.4) is 0 Å². The van der Waals surface area contributed by atoms with Crippen molar-refractivity contribution < 1.29 is 5.11 Å². The van der Waals surface area contributed by atoms with Gasteiger partial charge < -0.3 is 15.7 Å². The SMILES string of the molecule is CC.NCC1(O)CCN(c2cnc3c(-c4cccc(Cl)c4Cl)[nH]nc3n2)CC1. The number of aromatic amines is 1. The first-order chi connectivity index (χ1) is 13.5. The fourth-order valence-corrected chi connectivity index (χ4v) is 3.57. The number of anilines is 1. The summed E-state index contributed by atoms with van der Waals surface area (Å²) < 4.78 is 0. The van der Waals surface area contributed by atoms with Crippen molar-refractivity contribution in [1.82, 2.24) is 20.2 Å². The minimum absolute atomic E-state index is 0.272. The Labute approximate surface area is 173 Å². The molecule has 28 heavy (non-hydrogen) atoms. The Bertz CT molecular complexity index is 953. The molecule has 0 spiro atoms. The monoisotopic (exact) mass is 422 g/mol. The summed E-state index contributed by atoms with van der Waals surface area (Å²) in [7, 11) is 0. The minimum Gasteiger partial charge on any atom is -0.388 e. The number of fused-ring (bicyclic) bond motifs is 1. The van der Waals surface area contributed by atoms with Crippen LogP contribution in [-0.4, -0.2) is 50.5 Å². The molecule has 7 nitrogen and oxygen atoms in total. The number of halogens is 2. The first kappa shape index (κ1) is 20.8. The molecule has 0 unspecified atom stereocenters. The second-order valence-corrected chi connectivity index (χ2v) is 7.30. The molecule has 9 heteroatoms. The van der Waals surface area contributed by atoms with Crippen molar-refractivity contribution in [2.45, 2.75) is 32.3 Å². The molecule has 0 saturated carbocycles. The third-order valence-corrected chi connectivity index (χ3v) is 5.69. The van der Waals surface area contributed by atoms with Crippen molar-refractivity contribution in [3.8, 4) is 11.3 Å². The average Bonchev–Trinajstić information content (AvgIpc) is 3.15. The maximum Gasteiger partial charge on any atom is 0.202 e. The fraction of sp³-hybridized carbons (Fsp3) is 0.421. The molecule has 0 radical (unpaired) electrons. The molecule has 150 valence electrons. The Morgan fingerprint density at radius 3 is 2.64 bits per heavy atom. The van der Waals surface area contributed by atoms with Crippen LogP contribution < -0.4 is 10.6 Å². The van der Waals surface area contributed by atoms with E-state index in [0.29, 0.717) is 52.8 Å². The van der Waals surface area contributed by atoms with Gasteiger partial charge in [-0.25, -0.2) is 9.97 Å². The molecule has 4 N–H and O–H groups in total. The summed E-state index contributed by atoms with van der Waals surface area (Å²) in [6.45, 7) is 5.62. The number of nitrogens with two attached hydrogens (primary N) is 1. The van der Waals surface area contributed by atoms with Gasteiger partial charge >= 0.3 is 0 Å². The van der Waals surface area contributed by atoms with Gasteiger partial charge in [0.25, 0.3) is 0 Å². The highest BCUT2D eigenvalue weighted by atomic mass is 35.5. The lowest BCUT2D eigenvalue weighted by molar-refractivity contribution is 0.0249. The fourth-order valence-electron chi connectivity index (χ4n) is 3.18. The Morgan fingerprint density at radius 1 is 1.25 bits per heavy atom. The normalized spacial score (nSPS) is 16.0. The quantitative estimate of drug-likeness (QED) is 0.594. The van der Waals surface area contributed by atoms with E-state index in [4.69, 9.17) is 28.9 Å². The van der Waals surface area contributed by atoms with Crippen molar-refractivity contribution >= 4 is 40.2 Å². The standard InChI is InChI=1S/C17H18Cl2N6O.C2H6/c18-11-3-1-2-10(13(11)19)14-15-16(24-23-14)22-12(8-21-15)25-6-4-17(26,9-20)5-7-25;1-2/h1-3,8,26H,4-7,9,20H2,(H,22,23,24);1-2H3. The average molecular weight is 423 g/mol. The molecule has 1 fully saturated rings. The molecule has 1 aliphatic heterocycles. The van der Waals surface area contributed by atoms with E-state index in [1.54, 1.807) is 12.3 Å². The van der Waals surface area contributed by atoms with E-state index in [1.165, 1.54) is 0 Å². The molecule has 1 aliphatic rings. The van der Waals surface area contributed by atoms with Crippen LogP contribution in [0, 0.1) is 0 Å². The number of hydrogen-bond donors (Lipinski definition) is 3. The van der Waals surface area contributed by atoms with Gasteiger partial charge in [-0.3, -0.25) is 5.10 Å². The number of hydrogen-bond acceptors (Lipinski definition) is 6. The molecule has 1 aromatic carbocycles. The molecular weight excluding hydrogens is 399 g/mol. The Kier molecular flexibility index (Phi) is 6.40. The predicted molar refractivity (Wildman–Crippen MR) is 114 cm³/mol. The zero-order valence-electron chi connectivity index (χ0n) is 15.9. The van der Waals surface area contributed by atoms with E-state index < -0.39 is 5.60 Å². The van der Waals surface area contributed by atoms with Crippen LogP contribution in [-0.2, 0) is 0 Å². The number of H-pyrrole nitrogens is 1. The zero-order valence-corrected chi connectivity index (χ0v) is 17.4. The summed E-state index contributed by atoms with van der Waals surface area (Å²) in [5.74, 6) is 0.729.